The fourth-order valence-corrected chi connectivity index (χ4v) is 3.53. The summed E-state index contributed by atoms with van der Waals surface area (Å²) in [6.07, 6.45) is -3.77. The van der Waals surface area contributed by atoms with Gasteiger partial charge in [0.1, 0.15) is 5.75 Å². The van der Waals surface area contributed by atoms with Gasteiger partial charge in [-0.2, -0.15) is 0 Å². The van der Waals surface area contributed by atoms with Gasteiger partial charge in [-0.25, -0.2) is 0 Å². The molecule has 0 atom stereocenters. The van der Waals surface area contributed by atoms with Gasteiger partial charge < -0.3 is 13.9 Å². The molecule has 10 heteroatoms. The number of anilines is 1. The van der Waals surface area contributed by atoms with E-state index in [-0.39, 0.29) is 23.6 Å². The van der Waals surface area contributed by atoms with Gasteiger partial charge in [0.15, 0.2) is 0 Å². The van der Waals surface area contributed by atoms with Crippen LogP contribution >= 0.6 is 0 Å². The van der Waals surface area contributed by atoms with Gasteiger partial charge in [0.25, 0.3) is 0 Å². The van der Waals surface area contributed by atoms with Gasteiger partial charge in [-0.3, -0.25) is 10.1 Å². The number of halogens is 3. The number of amides is 1. The summed E-state index contributed by atoms with van der Waals surface area (Å²) >= 11 is 0. The van der Waals surface area contributed by atoms with E-state index in [0.717, 1.165) is 17.7 Å². The van der Waals surface area contributed by atoms with Crippen molar-refractivity contribution in [2.24, 2.45) is 0 Å². The van der Waals surface area contributed by atoms with Crippen molar-refractivity contribution >= 4 is 11.9 Å². The molecule has 0 saturated carbocycles. The molecule has 0 spiro atoms. The number of carbonyl (C=O) groups excluding carboxylic acids is 1. The third-order valence-electron chi connectivity index (χ3n) is 5.09. The average molecular weight is 433 g/mol. The van der Waals surface area contributed by atoms with Crippen LogP contribution in [-0.4, -0.2) is 35.7 Å². The van der Waals surface area contributed by atoms with Crippen LogP contribution in [0.4, 0.5) is 19.2 Å². The number of ether oxygens (including phenoxy) is 2. The van der Waals surface area contributed by atoms with Crippen LogP contribution in [0.25, 0.3) is 11.5 Å². The first-order chi connectivity index (χ1) is 14.9. The van der Waals surface area contributed by atoms with Gasteiger partial charge >= 0.3 is 12.4 Å². The van der Waals surface area contributed by atoms with Crippen LogP contribution in [0.3, 0.4) is 0 Å². The SMILES string of the molecule is O=C(Nc1nnc(-c2ccc(OC(F)(F)F)cc2)o1)C1(c2ccccc2)CCOCC1. The fourth-order valence-electron chi connectivity index (χ4n) is 3.53. The predicted octanol–water partition coefficient (Wildman–Crippen LogP) is 4.32. The van der Waals surface area contributed by atoms with E-state index in [1.165, 1.54) is 12.1 Å². The lowest BCUT2D eigenvalue weighted by Gasteiger charge is -2.35. The topological polar surface area (TPSA) is 86.5 Å². The lowest BCUT2D eigenvalue weighted by atomic mass is 9.73. The Morgan fingerprint density at radius 3 is 2.32 bits per heavy atom. The average Bonchev–Trinajstić information content (AvgIpc) is 3.22. The van der Waals surface area contributed by atoms with E-state index in [2.05, 4.69) is 20.3 Å². The lowest BCUT2D eigenvalue weighted by molar-refractivity contribution is -0.274. The molecule has 1 aliphatic heterocycles. The highest BCUT2D eigenvalue weighted by Gasteiger charge is 2.42. The molecule has 7 nitrogen and oxygen atoms in total. The molecule has 2 aromatic carbocycles. The molecule has 0 aliphatic carbocycles. The Labute approximate surface area is 175 Å². The van der Waals surface area contributed by atoms with Crippen LogP contribution < -0.4 is 10.1 Å². The van der Waals surface area contributed by atoms with E-state index in [9.17, 15) is 18.0 Å². The highest BCUT2D eigenvalue weighted by Crippen LogP contribution is 2.36. The third kappa shape index (κ3) is 4.69. The minimum absolute atomic E-state index is 0.0506. The van der Waals surface area contributed by atoms with E-state index >= 15 is 0 Å². The number of benzene rings is 2. The van der Waals surface area contributed by atoms with Crippen molar-refractivity contribution in [1.82, 2.24) is 10.2 Å². The molecule has 1 saturated heterocycles. The van der Waals surface area contributed by atoms with Crippen molar-refractivity contribution < 1.29 is 31.9 Å². The zero-order valence-corrected chi connectivity index (χ0v) is 16.2. The maximum Gasteiger partial charge on any atom is 0.573 e. The molecule has 0 bridgehead atoms. The van der Waals surface area contributed by atoms with Crippen molar-refractivity contribution in [3.05, 3.63) is 60.2 Å². The van der Waals surface area contributed by atoms with Crippen molar-refractivity contribution in [2.75, 3.05) is 18.5 Å². The number of hydrogen-bond donors (Lipinski definition) is 1. The van der Waals surface area contributed by atoms with Crippen molar-refractivity contribution in [3.8, 4) is 17.2 Å². The Balaban J connectivity index is 1.51. The number of hydrogen-bond acceptors (Lipinski definition) is 6. The molecular weight excluding hydrogens is 415 g/mol. The highest BCUT2D eigenvalue weighted by molar-refractivity contribution is 5.98. The van der Waals surface area contributed by atoms with E-state index in [4.69, 9.17) is 9.15 Å². The molecule has 4 rings (SSSR count). The molecule has 1 fully saturated rings. The molecule has 0 unspecified atom stereocenters. The number of aromatic nitrogens is 2. The van der Waals surface area contributed by atoms with Gasteiger partial charge in [-0.1, -0.05) is 35.4 Å². The summed E-state index contributed by atoms with van der Waals surface area (Å²) < 4.78 is 51.6. The van der Waals surface area contributed by atoms with E-state index in [0.29, 0.717) is 31.6 Å². The standard InChI is InChI=1S/C21H18F3N3O4/c22-21(23,24)31-16-8-6-14(7-9-16)17-26-27-19(30-17)25-18(28)20(10-12-29-13-11-20)15-4-2-1-3-5-15/h1-9H,10-13H2,(H,25,27,28). The van der Waals surface area contributed by atoms with Gasteiger partial charge in [0.05, 0.1) is 5.41 Å². The van der Waals surface area contributed by atoms with Crippen molar-refractivity contribution in [1.29, 1.82) is 0 Å². The Morgan fingerprint density at radius 1 is 1.00 bits per heavy atom. The first-order valence-electron chi connectivity index (χ1n) is 9.50. The first kappa shape index (κ1) is 20.9. The first-order valence-corrected chi connectivity index (χ1v) is 9.50. The van der Waals surface area contributed by atoms with E-state index in [1.54, 1.807) is 0 Å². The summed E-state index contributed by atoms with van der Waals surface area (Å²) in [6.45, 7) is 0.896. The second-order valence-electron chi connectivity index (χ2n) is 7.00. The molecule has 1 N–H and O–H groups in total. The van der Waals surface area contributed by atoms with Crippen LogP contribution in [-0.2, 0) is 14.9 Å². The second kappa shape index (κ2) is 8.38. The minimum atomic E-state index is -4.78. The number of nitrogens with one attached hydrogen (secondary N) is 1. The quantitative estimate of drug-likeness (QED) is 0.645. The molecule has 1 aliphatic rings. The van der Waals surface area contributed by atoms with Gasteiger partial charge in [-0.05, 0) is 42.7 Å². The van der Waals surface area contributed by atoms with Crippen LogP contribution in [0, 0.1) is 0 Å². The molecule has 1 aromatic heterocycles. The molecular formula is C21H18F3N3O4. The Morgan fingerprint density at radius 2 is 1.68 bits per heavy atom. The van der Waals surface area contributed by atoms with Crippen LogP contribution in [0.15, 0.2) is 59.0 Å². The summed E-state index contributed by atoms with van der Waals surface area (Å²) in [5, 5.41) is 10.4. The monoisotopic (exact) mass is 433 g/mol. The number of alkyl halides is 3. The Kier molecular flexibility index (Phi) is 5.64. The Hall–Kier alpha value is -3.40. The largest absolute Gasteiger partial charge is 0.573 e. The van der Waals surface area contributed by atoms with Crippen molar-refractivity contribution in [3.63, 3.8) is 0 Å². The molecule has 31 heavy (non-hydrogen) atoms. The lowest BCUT2D eigenvalue weighted by Crippen LogP contribution is -2.44. The number of nitrogens with zero attached hydrogens (tertiary/aromatic N) is 2. The normalized spacial score (nSPS) is 16.0. The van der Waals surface area contributed by atoms with E-state index in [1.807, 2.05) is 30.3 Å². The zero-order chi connectivity index (χ0) is 21.9. The third-order valence-corrected chi connectivity index (χ3v) is 5.09. The number of rotatable bonds is 5. The summed E-state index contributed by atoms with van der Waals surface area (Å²) in [4.78, 5) is 13.2. The molecule has 2 heterocycles. The summed E-state index contributed by atoms with van der Waals surface area (Å²) in [5.74, 6) is -0.602. The summed E-state index contributed by atoms with van der Waals surface area (Å²) in [5.41, 5.74) is 0.465. The molecule has 3 aromatic rings. The molecule has 162 valence electrons. The van der Waals surface area contributed by atoms with Gasteiger partial charge in [-0.15, -0.1) is 18.3 Å². The highest BCUT2D eigenvalue weighted by atomic mass is 19.4. The van der Waals surface area contributed by atoms with Crippen LogP contribution in [0.5, 0.6) is 5.75 Å². The number of carbonyl (C=O) groups is 1. The predicted molar refractivity (Wildman–Crippen MR) is 103 cm³/mol. The minimum Gasteiger partial charge on any atom is -0.406 e. The van der Waals surface area contributed by atoms with Gasteiger partial charge in [0.2, 0.25) is 11.8 Å². The molecule has 1 amide bonds. The van der Waals surface area contributed by atoms with E-state index < -0.39 is 11.8 Å². The zero-order valence-electron chi connectivity index (χ0n) is 16.2. The molecule has 0 radical (unpaired) electrons. The second-order valence-corrected chi connectivity index (χ2v) is 7.00. The maximum absolute atomic E-state index is 13.2. The van der Waals surface area contributed by atoms with Crippen molar-refractivity contribution in [2.45, 2.75) is 24.6 Å². The van der Waals surface area contributed by atoms with Gasteiger partial charge in [0, 0.05) is 18.8 Å². The summed E-state index contributed by atoms with van der Waals surface area (Å²) in [7, 11) is 0. The Bertz CT molecular complexity index is 1030. The summed E-state index contributed by atoms with van der Waals surface area (Å²) in [6, 6.07) is 14.3. The fraction of sp³-hybridized carbons (Fsp3) is 0.286. The maximum atomic E-state index is 13.2. The van der Waals surface area contributed by atoms with Crippen LogP contribution in [0.2, 0.25) is 0 Å². The van der Waals surface area contributed by atoms with Crippen LogP contribution in [0.1, 0.15) is 18.4 Å². The smallest absolute Gasteiger partial charge is 0.406 e.